The normalized spacial score (nSPS) is 21.3. The van der Waals surface area contributed by atoms with Gasteiger partial charge in [-0.1, -0.05) is 0 Å². The van der Waals surface area contributed by atoms with Crippen molar-refractivity contribution in [3.05, 3.63) is 40.8 Å². The molecule has 4 heterocycles. The molecule has 2 saturated heterocycles. The smallest absolute Gasteiger partial charge is 0.225 e. The van der Waals surface area contributed by atoms with Gasteiger partial charge in [0.05, 0.1) is 0 Å². The third-order valence-electron chi connectivity index (χ3n) is 5.37. The van der Waals surface area contributed by atoms with E-state index in [0.717, 1.165) is 45.2 Å². The number of piperazine rings is 1. The lowest BCUT2D eigenvalue weighted by atomic mass is 10.1. The predicted molar refractivity (Wildman–Crippen MR) is 103 cm³/mol. The van der Waals surface area contributed by atoms with Gasteiger partial charge in [0, 0.05) is 57.6 Å². The summed E-state index contributed by atoms with van der Waals surface area (Å²) >= 11 is 1.76. The average Bonchev–Trinajstić information content (AvgIpc) is 3.38. The van der Waals surface area contributed by atoms with Crippen molar-refractivity contribution in [1.29, 1.82) is 0 Å². The minimum absolute atomic E-state index is 0.273. The first-order chi connectivity index (χ1) is 12.8. The molecule has 2 fully saturated rings. The Kier molecular flexibility index (Phi) is 5.45. The summed E-state index contributed by atoms with van der Waals surface area (Å²) in [6.45, 7) is 5.08. The number of nitrogens with zero attached hydrogens (tertiary/aromatic N) is 5. The molecule has 4 rings (SSSR count). The Bertz CT molecular complexity index is 700. The van der Waals surface area contributed by atoms with E-state index in [1.165, 1.54) is 18.4 Å². The van der Waals surface area contributed by atoms with Gasteiger partial charge in [-0.2, -0.15) is 11.3 Å². The van der Waals surface area contributed by atoms with Gasteiger partial charge < -0.3 is 9.80 Å². The SMILES string of the molecule is O=C(CCN1CCC[C@@H]1c1ccsc1)N1CCN(c2ncccn2)CC1. The van der Waals surface area contributed by atoms with E-state index in [1.807, 2.05) is 11.0 Å². The van der Waals surface area contributed by atoms with Gasteiger partial charge in [0.15, 0.2) is 0 Å². The fourth-order valence-electron chi connectivity index (χ4n) is 3.94. The molecule has 0 radical (unpaired) electrons. The van der Waals surface area contributed by atoms with E-state index in [9.17, 15) is 4.79 Å². The lowest BCUT2D eigenvalue weighted by molar-refractivity contribution is -0.131. The largest absolute Gasteiger partial charge is 0.339 e. The lowest BCUT2D eigenvalue weighted by Crippen LogP contribution is -2.49. The highest BCUT2D eigenvalue weighted by Crippen LogP contribution is 2.33. The number of anilines is 1. The van der Waals surface area contributed by atoms with Crippen LogP contribution in [0, 0.1) is 0 Å². The van der Waals surface area contributed by atoms with Crippen LogP contribution in [-0.2, 0) is 4.79 Å². The molecule has 6 nitrogen and oxygen atoms in total. The van der Waals surface area contributed by atoms with Crippen molar-refractivity contribution < 1.29 is 4.79 Å². The van der Waals surface area contributed by atoms with Gasteiger partial charge in [-0.3, -0.25) is 9.69 Å². The van der Waals surface area contributed by atoms with Crippen LogP contribution < -0.4 is 4.90 Å². The predicted octanol–water partition coefficient (Wildman–Crippen LogP) is 2.41. The number of rotatable bonds is 5. The molecule has 138 valence electrons. The first-order valence-corrected chi connectivity index (χ1v) is 10.3. The summed E-state index contributed by atoms with van der Waals surface area (Å²) < 4.78 is 0. The standard InChI is InChI=1S/C19H25N5OS/c25-18(4-9-22-8-1-3-17(22)16-5-14-26-15-16)23-10-12-24(13-11-23)19-20-6-2-7-21-19/h2,5-7,14-15,17H,1,3-4,8-13H2/t17-/m1/s1. The monoisotopic (exact) mass is 371 g/mol. The Morgan fingerprint density at radius 1 is 1.15 bits per heavy atom. The molecule has 2 aromatic heterocycles. The minimum Gasteiger partial charge on any atom is -0.339 e. The van der Waals surface area contributed by atoms with E-state index >= 15 is 0 Å². The summed E-state index contributed by atoms with van der Waals surface area (Å²) in [5.74, 6) is 1.03. The Morgan fingerprint density at radius 3 is 2.69 bits per heavy atom. The molecule has 7 heteroatoms. The molecule has 1 amide bonds. The minimum atomic E-state index is 0.273. The van der Waals surface area contributed by atoms with Gasteiger partial charge in [-0.15, -0.1) is 0 Å². The molecule has 2 aliphatic rings. The van der Waals surface area contributed by atoms with Gasteiger partial charge in [0.25, 0.3) is 0 Å². The molecule has 0 spiro atoms. The fourth-order valence-corrected chi connectivity index (χ4v) is 4.65. The second kappa shape index (κ2) is 8.14. The van der Waals surface area contributed by atoms with Gasteiger partial charge in [-0.25, -0.2) is 9.97 Å². The van der Waals surface area contributed by atoms with Crippen LogP contribution in [0.1, 0.15) is 30.9 Å². The molecule has 1 atom stereocenters. The third kappa shape index (κ3) is 3.88. The molecule has 26 heavy (non-hydrogen) atoms. The summed E-state index contributed by atoms with van der Waals surface area (Å²) in [6, 6.07) is 4.55. The van der Waals surface area contributed by atoms with E-state index in [4.69, 9.17) is 0 Å². The molecule has 2 aromatic rings. The van der Waals surface area contributed by atoms with Crippen LogP contribution in [0.5, 0.6) is 0 Å². The van der Waals surface area contributed by atoms with E-state index in [2.05, 4.69) is 36.6 Å². The van der Waals surface area contributed by atoms with Gasteiger partial charge in [0.2, 0.25) is 11.9 Å². The van der Waals surface area contributed by atoms with E-state index in [-0.39, 0.29) is 5.91 Å². The van der Waals surface area contributed by atoms with Crippen LogP contribution in [0.4, 0.5) is 5.95 Å². The number of amides is 1. The molecular formula is C19H25N5OS. The van der Waals surface area contributed by atoms with Crippen molar-refractivity contribution in [3.63, 3.8) is 0 Å². The number of aromatic nitrogens is 2. The van der Waals surface area contributed by atoms with Crippen molar-refractivity contribution in [2.24, 2.45) is 0 Å². The number of hydrogen-bond acceptors (Lipinski definition) is 6. The zero-order chi connectivity index (χ0) is 17.8. The van der Waals surface area contributed by atoms with Gasteiger partial charge in [0.1, 0.15) is 0 Å². The first kappa shape index (κ1) is 17.4. The molecule has 2 aliphatic heterocycles. The molecule has 0 aromatic carbocycles. The maximum absolute atomic E-state index is 12.6. The van der Waals surface area contributed by atoms with E-state index in [1.54, 1.807) is 23.7 Å². The summed E-state index contributed by atoms with van der Waals surface area (Å²) in [4.78, 5) is 27.9. The van der Waals surface area contributed by atoms with E-state index in [0.29, 0.717) is 12.5 Å². The zero-order valence-corrected chi connectivity index (χ0v) is 15.8. The van der Waals surface area contributed by atoms with Crippen LogP contribution in [0.25, 0.3) is 0 Å². The van der Waals surface area contributed by atoms with Crippen LogP contribution in [0.3, 0.4) is 0 Å². The molecule has 0 saturated carbocycles. The molecular weight excluding hydrogens is 346 g/mol. The molecule has 0 unspecified atom stereocenters. The van der Waals surface area contributed by atoms with Crippen molar-refractivity contribution in [3.8, 4) is 0 Å². The van der Waals surface area contributed by atoms with Crippen molar-refractivity contribution in [1.82, 2.24) is 19.8 Å². The summed E-state index contributed by atoms with van der Waals surface area (Å²) in [7, 11) is 0. The number of likely N-dealkylation sites (tertiary alicyclic amines) is 1. The van der Waals surface area contributed by atoms with Crippen LogP contribution in [-0.4, -0.2) is 64.9 Å². The third-order valence-corrected chi connectivity index (χ3v) is 6.07. The highest BCUT2D eigenvalue weighted by atomic mass is 32.1. The van der Waals surface area contributed by atoms with Crippen LogP contribution in [0.15, 0.2) is 35.3 Å². The number of carbonyl (C=O) groups excluding carboxylic acids is 1. The lowest BCUT2D eigenvalue weighted by Gasteiger charge is -2.35. The Hall–Kier alpha value is -1.99. The molecule has 0 aliphatic carbocycles. The maximum atomic E-state index is 12.6. The number of thiophene rings is 1. The second-order valence-electron chi connectivity index (χ2n) is 6.92. The highest BCUT2D eigenvalue weighted by Gasteiger charge is 2.28. The van der Waals surface area contributed by atoms with Crippen LogP contribution >= 0.6 is 11.3 Å². The average molecular weight is 372 g/mol. The summed E-state index contributed by atoms with van der Waals surface area (Å²) in [5, 5.41) is 4.39. The van der Waals surface area contributed by atoms with Crippen molar-refractivity contribution >= 4 is 23.2 Å². The Balaban J connectivity index is 1.26. The van der Waals surface area contributed by atoms with E-state index < -0.39 is 0 Å². The molecule has 0 bridgehead atoms. The Morgan fingerprint density at radius 2 is 1.96 bits per heavy atom. The topological polar surface area (TPSA) is 52.6 Å². The van der Waals surface area contributed by atoms with Gasteiger partial charge >= 0.3 is 0 Å². The maximum Gasteiger partial charge on any atom is 0.225 e. The Labute approximate surface area is 158 Å². The van der Waals surface area contributed by atoms with Crippen molar-refractivity contribution in [2.45, 2.75) is 25.3 Å². The van der Waals surface area contributed by atoms with Crippen LogP contribution in [0.2, 0.25) is 0 Å². The number of carbonyl (C=O) groups is 1. The second-order valence-corrected chi connectivity index (χ2v) is 7.70. The first-order valence-electron chi connectivity index (χ1n) is 9.37. The van der Waals surface area contributed by atoms with Gasteiger partial charge in [-0.05, 0) is 47.8 Å². The summed E-state index contributed by atoms with van der Waals surface area (Å²) in [6.07, 6.45) is 6.58. The fraction of sp³-hybridized carbons (Fsp3) is 0.526. The zero-order valence-electron chi connectivity index (χ0n) is 15.0. The number of hydrogen-bond donors (Lipinski definition) is 0. The highest BCUT2D eigenvalue weighted by molar-refractivity contribution is 7.07. The summed E-state index contributed by atoms with van der Waals surface area (Å²) in [5.41, 5.74) is 1.41. The quantitative estimate of drug-likeness (QED) is 0.808. The van der Waals surface area contributed by atoms with Crippen molar-refractivity contribution in [2.75, 3.05) is 44.2 Å². The molecule has 0 N–H and O–H groups in total.